The van der Waals surface area contributed by atoms with E-state index in [0.717, 1.165) is 25.9 Å². The van der Waals surface area contributed by atoms with E-state index in [-0.39, 0.29) is 0 Å². The van der Waals surface area contributed by atoms with Crippen LogP contribution in [0.1, 0.15) is 50.3 Å². The van der Waals surface area contributed by atoms with Crippen LogP contribution in [-0.2, 0) is 11.2 Å². The van der Waals surface area contributed by atoms with Crippen LogP contribution in [-0.4, -0.2) is 36.6 Å². The molecule has 1 aromatic heterocycles. The lowest BCUT2D eigenvalue weighted by atomic mass is 10.1. The van der Waals surface area contributed by atoms with Gasteiger partial charge in [-0.3, -0.25) is 4.68 Å². The summed E-state index contributed by atoms with van der Waals surface area (Å²) in [6, 6.07) is 3.33. The largest absolute Gasteiger partial charge is 0.385 e. The van der Waals surface area contributed by atoms with Crippen LogP contribution in [0.25, 0.3) is 0 Å². The van der Waals surface area contributed by atoms with Gasteiger partial charge in [0, 0.05) is 32.4 Å². The van der Waals surface area contributed by atoms with Crippen LogP contribution in [0.2, 0.25) is 0 Å². The Kier molecular flexibility index (Phi) is 5.86. The maximum Gasteiger partial charge on any atom is 0.0640 e. The van der Waals surface area contributed by atoms with Crippen LogP contribution >= 0.6 is 0 Å². The van der Waals surface area contributed by atoms with E-state index < -0.39 is 0 Å². The molecular formula is C15H27N3O. The standard InChI is InChI=1S/C15H27N3O/c1-16-13(6-5-11-19-2)12-14-9-10-18(17-14)15-7-3-4-8-15/h9-10,13,15-16H,3-8,11-12H2,1-2H3. The maximum atomic E-state index is 5.11. The Morgan fingerprint density at radius 1 is 1.47 bits per heavy atom. The van der Waals surface area contributed by atoms with Crippen LogP contribution < -0.4 is 5.32 Å². The maximum absolute atomic E-state index is 5.11. The van der Waals surface area contributed by atoms with Crippen molar-refractivity contribution in [3.8, 4) is 0 Å². The van der Waals surface area contributed by atoms with Crippen LogP contribution in [0.15, 0.2) is 12.3 Å². The van der Waals surface area contributed by atoms with E-state index in [2.05, 4.69) is 22.3 Å². The minimum Gasteiger partial charge on any atom is -0.385 e. The number of rotatable bonds is 8. The fourth-order valence-corrected chi connectivity index (χ4v) is 2.93. The molecule has 0 spiro atoms. The molecule has 1 aliphatic carbocycles. The van der Waals surface area contributed by atoms with Crippen molar-refractivity contribution in [3.05, 3.63) is 18.0 Å². The highest BCUT2D eigenvalue weighted by Crippen LogP contribution is 2.28. The Labute approximate surface area is 116 Å². The molecule has 1 N–H and O–H groups in total. The fourth-order valence-electron chi connectivity index (χ4n) is 2.93. The summed E-state index contributed by atoms with van der Waals surface area (Å²) in [4.78, 5) is 0. The highest BCUT2D eigenvalue weighted by molar-refractivity contribution is 5.02. The smallest absolute Gasteiger partial charge is 0.0640 e. The monoisotopic (exact) mass is 265 g/mol. The first-order chi connectivity index (χ1) is 9.33. The molecule has 4 heteroatoms. The topological polar surface area (TPSA) is 39.1 Å². The third-order valence-electron chi connectivity index (χ3n) is 4.13. The number of nitrogens with zero attached hydrogens (tertiary/aromatic N) is 2. The molecular weight excluding hydrogens is 238 g/mol. The number of methoxy groups -OCH3 is 1. The molecule has 1 heterocycles. The van der Waals surface area contributed by atoms with Gasteiger partial charge in [-0.15, -0.1) is 0 Å². The van der Waals surface area contributed by atoms with Gasteiger partial charge in [0.1, 0.15) is 0 Å². The van der Waals surface area contributed by atoms with Gasteiger partial charge in [0.05, 0.1) is 11.7 Å². The van der Waals surface area contributed by atoms with Crippen molar-refractivity contribution in [2.75, 3.05) is 20.8 Å². The molecule has 2 rings (SSSR count). The van der Waals surface area contributed by atoms with Crippen LogP contribution in [0, 0.1) is 0 Å². The highest BCUT2D eigenvalue weighted by Gasteiger charge is 2.18. The zero-order valence-corrected chi connectivity index (χ0v) is 12.3. The predicted molar refractivity (Wildman–Crippen MR) is 77.4 cm³/mol. The molecule has 4 nitrogen and oxygen atoms in total. The van der Waals surface area contributed by atoms with Gasteiger partial charge in [-0.2, -0.15) is 5.10 Å². The van der Waals surface area contributed by atoms with E-state index in [1.807, 2.05) is 7.05 Å². The summed E-state index contributed by atoms with van der Waals surface area (Å²) in [5.41, 5.74) is 1.21. The number of nitrogens with one attached hydrogen (secondary N) is 1. The Bertz CT molecular complexity index is 358. The van der Waals surface area contributed by atoms with E-state index in [9.17, 15) is 0 Å². The second-order valence-corrected chi connectivity index (χ2v) is 5.55. The minimum atomic E-state index is 0.502. The van der Waals surface area contributed by atoms with E-state index in [1.54, 1.807) is 7.11 Å². The number of aromatic nitrogens is 2. The van der Waals surface area contributed by atoms with Gasteiger partial charge >= 0.3 is 0 Å². The lowest BCUT2D eigenvalue weighted by Gasteiger charge is -2.14. The van der Waals surface area contributed by atoms with E-state index >= 15 is 0 Å². The summed E-state index contributed by atoms with van der Waals surface area (Å²) < 4.78 is 7.30. The van der Waals surface area contributed by atoms with Gasteiger partial charge in [-0.1, -0.05) is 12.8 Å². The first-order valence-electron chi connectivity index (χ1n) is 7.53. The van der Waals surface area contributed by atoms with Crippen molar-refractivity contribution in [3.63, 3.8) is 0 Å². The first-order valence-corrected chi connectivity index (χ1v) is 7.53. The molecule has 1 atom stereocenters. The van der Waals surface area contributed by atoms with Crippen molar-refractivity contribution in [2.24, 2.45) is 0 Å². The zero-order valence-electron chi connectivity index (χ0n) is 12.3. The third kappa shape index (κ3) is 4.32. The zero-order chi connectivity index (χ0) is 13.5. The minimum absolute atomic E-state index is 0.502. The molecule has 0 aliphatic heterocycles. The number of ether oxygens (including phenoxy) is 1. The fraction of sp³-hybridized carbons (Fsp3) is 0.800. The van der Waals surface area contributed by atoms with Gasteiger partial charge < -0.3 is 10.1 Å². The second kappa shape index (κ2) is 7.65. The average molecular weight is 265 g/mol. The molecule has 1 fully saturated rings. The normalized spacial score (nSPS) is 18.0. The third-order valence-corrected chi connectivity index (χ3v) is 4.13. The first kappa shape index (κ1) is 14.5. The molecule has 0 amide bonds. The van der Waals surface area contributed by atoms with E-state index in [0.29, 0.717) is 12.1 Å². The van der Waals surface area contributed by atoms with Gasteiger partial charge in [0.2, 0.25) is 0 Å². The molecule has 0 radical (unpaired) electrons. The molecule has 1 aliphatic rings. The molecule has 1 unspecified atom stereocenters. The average Bonchev–Trinajstić information content (AvgIpc) is 3.08. The Balaban J connectivity index is 1.83. The van der Waals surface area contributed by atoms with Gasteiger partial charge in [0.15, 0.2) is 0 Å². The van der Waals surface area contributed by atoms with Crippen molar-refractivity contribution in [1.82, 2.24) is 15.1 Å². The van der Waals surface area contributed by atoms with Gasteiger partial charge in [-0.05, 0) is 38.8 Å². The summed E-state index contributed by atoms with van der Waals surface area (Å²) in [5.74, 6) is 0. The Morgan fingerprint density at radius 2 is 2.26 bits per heavy atom. The summed E-state index contributed by atoms with van der Waals surface area (Å²) in [5, 5.41) is 8.14. The predicted octanol–water partition coefficient (Wildman–Crippen LogP) is 2.56. The molecule has 0 aromatic carbocycles. The quantitative estimate of drug-likeness (QED) is 0.734. The molecule has 1 aromatic rings. The lowest BCUT2D eigenvalue weighted by molar-refractivity contribution is 0.189. The molecule has 19 heavy (non-hydrogen) atoms. The van der Waals surface area contributed by atoms with Gasteiger partial charge in [0.25, 0.3) is 0 Å². The van der Waals surface area contributed by atoms with Crippen molar-refractivity contribution >= 4 is 0 Å². The molecule has 0 saturated heterocycles. The second-order valence-electron chi connectivity index (χ2n) is 5.55. The Hall–Kier alpha value is -0.870. The number of hydrogen-bond donors (Lipinski definition) is 1. The van der Waals surface area contributed by atoms with E-state index in [4.69, 9.17) is 9.84 Å². The summed E-state index contributed by atoms with van der Waals surface area (Å²) in [6.45, 7) is 0.842. The van der Waals surface area contributed by atoms with E-state index in [1.165, 1.54) is 31.4 Å². The SMILES string of the molecule is CNC(CCCOC)Cc1ccn(C2CCCC2)n1. The van der Waals surface area contributed by atoms with Crippen molar-refractivity contribution < 1.29 is 4.74 Å². The lowest BCUT2D eigenvalue weighted by Crippen LogP contribution is -2.28. The van der Waals surface area contributed by atoms with Crippen LogP contribution in [0.5, 0.6) is 0 Å². The van der Waals surface area contributed by atoms with Crippen molar-refractivity contribution in [2.45, 2.75) is 57.0 Å². The van der Waals surface area contributed by atoms with Crippen molar-refractivity contribution in [1.29, 1.82) is 0 Å². The number of likely N-dealkylation sites (N-methyl/N-ethyl adjacent to an activating group) is 1. The Morgan fingerprint density at radius 3 is 2.95 bits per heavy atom. The van der Waals surface area contributed by atoms with Crippen LogP contribution in [0.4, 0.5) is 0 Å². The molecule has 0 bridgehead atoms. The molecule has 1 saturated carbocycles. The van der Waals surface area contributed by atoms with Gasteiger partial charge in [-0.25, -0.2) is 0 Å². The number of hydrogen-bond acceptors (Lipinski definition) is 3. The highest BCUT2D eigenvalue weighted by atomic mass is 16.5. The van der Waals surface area contributed by atoms with Crippen LogP contribution in [0.3, 0.4) is 0 Å². The summed E-state index contributed by atoms with van der Waals surface area (Å²) in [6.07, 6.45) is 10.7. The summed E-state index contributed by atoms with van der Waals surface area (Å²) >= 11 is 0. The summed E-state index contributed by atoms with van der Waals surface area (Å²) in [7, 11) is 3.79. The molecule has 108 valence electrons.